The van der Waals surface area contributed by atoms with E-state index < -0.39 is 260 Å². The Hall–Kier alpha value is -10.4. The molecule has 0 saturated carbocycles. The van der Waals surface area contributed by atoms with Gasteiger partial charge in [0, 0.05) is 36.5 Å². The molecule has 16 heterocycles. The number of esters is 6. The largest absolute Gasteiger partial charge is 0.451 e. The van der Waals surface area contributed by atoms with Gasteiger partial charge in [-0.15, -0.1) is 0 Å². The number of rotatable bonds is 24. The lowest BCUT2D eigenvalue weighted by Gasteiger charge is -2.51. The van der Waals surface area contributed by atoms with E-state index in [1.54, 1.807) is 182 Å². The van der Waals surface area contributed by atoms with Crippen molar-refractivity contribution < 1.29 is 175 Å². The van der Waals surface area contributed by atoms with Crippen LogP contribution in [0.15, 0.2) is 218 Å². The SMILES string of the molecule is O=C(/C=C/c1ccccc1)O[C@H]1[C@H]2O[C@H]3[C@H](O)[C@@H](OC(=O)/C=C/c4ccccc4)[C@@H](O[C@H]4[C@H](O)[C@@H](OC(=O)/C=C/c5ccccc5)[C@@H](O[C@H]5[C@H](O)[C@@H](OC(=O)/C=C/c6ccccc6)[C@@H](O[C@H]6[C@H](O)[C@@H](OC(=O)/C=C/c7ccccc7)[C@@H](O[C@H]7[C@H](O)[C@@H](OC(=O)/C=C/c8ccccc8)[C@@H](O[C@@H]([C@@H]1O)[C@@H](CO)O2)O[C@@H]7CO)O[C@@H]6CO)O[C@@H]5CO)O[C@@H]4CO)O[C@@H]3CO. The summed E-state index contributed by atoms with van der Waals surface area (Å²) in [4.78, 5) is 85.9. The molecule has 22 rings (SSSR count). The van der Waals surface area contributed by atoms with Crippen molar-refractivity contribution >= 4 is 72.3 Å². The van der Waals surface area contributed by atoms with E-state index in [4.69, 9.17) is 85.3 Å². The summed E-state index contributed by atoms with van der Waals surface area (Å²) in [5.74, 6) is -7.44. The first kappa shape index (κ1) is 93.3. The van der Waals surface area contributed by atoms with Crippen LogP contribution in [0.5, 0.6) is 0 Å². The fourth-order valence-corrected chi connectivity index (χ4v) is 15.0. The maximum atomic E-state index is 14.3. The third-order valence-corrected chi connectivity index (χ3v) is 21.3. The lowest BCUT2D eigenvalue weighted by molar-refractivity contribution is -0.403. The highest BCUT2D eigenvalue weighted by Gasteiger charge is 2.62. The molecule has 0 aromatic heterocycles. The van der Waals surface area contributed by atoms with Crippen molar-refractivity contribution in [3.63, 3.8) is 0 Å². The molecule has 36 nitrogen and oxygen atoms in total. The summed E-state index contributed by atoms with van der Waals surface area (Å²) in [6.45, 7) is -7.18. The van der Waals surface area contributed by atoms with Gasteiger partial charge in [0.1, 0.15) is 110 Å². The number of carbonyl (C=O) groups is 6. The van der Waals surface area contributed by atoms with Gasteiger partial charge in [-0.25, -0.2) is 28.8 Å². The number of aliphatic hydroxyl groups excluding tert-OH is 12. The third-order valence-electron chi connectivity index (χ3n) is 21.3. The van der Waals surface area contributed by atoms with Crippen molar-refractivity contribution in [3.05, 3.63) is 252 Å². The molecule has 30 atom stereocenters. The second-order valence-electron chi connectivity index (χ2n) is 29.8. The highest BCUT2D eigenvalue weighted by atomic mass is 16.8. The summed E-state index contributed by atoms with van der Waals surface area (Å²) in [6.07, 6.45) is -52.5. The minimum absolute atomic E-state index is 0.464. The van der Waals surface area contributed by atoms with E-state index in [2.05, 4.69) is 0 Å². The van der Waals surface area contributed by atoms with Crippen LogP contribution in [0.3, 0.4) is 0 Å². The molecule has 126 heavy (non-hydrogen) atoms. The van der Waals surface area contributed by atoms with Crippen LogP contribution >= 0.6 is 0 Å². The van der Waals surface area contributed by atoms with Crippen LogP contribution in [-0.4, -0.2) is 321 Å². The van der Waals surface area contributed by atoms with Gasteiger partial charge in [-0.1, -0.05) is 182 Å². The number of hydrogen-bond acceptors (Lipinski definition) is 36. The van der Waals surface area contributed by atoms with E-state index in [0.29, 0.717) is 33.4 Å². The van der Waals surface area contributed by atoms with Crippen molar-refractivity contribution in [2.24, 2.45) is 0 Å². The molecule has 12 N–H and O–H groups in total. The van der Waals surface area contributed by atoms with Crippen LogP contribution in [0.1, 0.15) is 33.4 Å². The second-order valence-corrected chi connectivity index (χ2v) is 29.8. The van der Waals surface area contributed by atoms with Gasteiger partial charge in [0.15, 0.2) is 74.4 Å². The average Bonchev–Trinajstić information content (AvgIpc) is 0.758. The van der Waals surface area contributed by atoms with Gasteiger partial charge in [0.25, 0.3) is 0 Å². The summed E-state index contributed by atoms with van der Waals surface area (Å²) in [6, 6.07) is 49.5. The van der Waals surface area contributed by atoms with Crippen LogP contribution < -0.4 is 0 Å². The molecule has 16 aliphatic rings. The zero-order valence-electron chi connectivity index (χ0n) is 67.0. The summed E-state index contributed by atoms with van der Waals surface area (Å²) in [5, 5.41) is 146. The molecule has 0 radical (unpaired) electrons. The van der Waals surface area contributed by atoms with E-state index in [1.165, 1.54) is 36.5 Å². The van der Waals surface area contributed by atoms with Crippen molar-refractivity contribution in [2.45, 2.75) is 184 Å². The van der Waals surface area contributed by atoms with E-state index in [-0.39, 0.29) is 0 Å². The van der Waals surface area contributed by atoms with E-state index in [9.17, 15) is 90.0 Å². The van der Waals surface area contributed by atoms with E-state index in [1.807, 2.05) is 0 Å². The Morgan fingerprint density at radius 1 is 0.214 bits per heavy atom. The fraction of sp³-hybridized carbons (Fsp3) is 0.400. The molecule has 36 heteroatoms. The molecule has 6 aromatic carbocycles. The highest BCUT2D eigenvalue weighted by Crippen LogP contribution is 2.42. The first-order valence-corrected chi connectivity index (χ1v) is 40.3. The highest BCUT2D eigenvalue weighted by molar-refractivity contribution is 5.90. The zero-order chi connectivity index (χ0) is 88.9. The first-order valence-electron chi connectivity index (χ1n) is 40.3. The van der Waals surface area contributed by atoms with Crippen molar-refractivity contribution in [1.29, 1.82) is 0 Å². The predicted molar refractivity (Wildman–Crippen MR) is 432 cm³/mol. The molecule has 0 spiro atoms. The Bertz CT molecular complexity index is 3930. The van der Waals surface area contributed by atoms with Crippen LogP contribution in [0.25, 0.3) is 36.5 Å². The minimum Gasteiger partial charge on any atom is -0.451 e. The van der Waals surface area contributed by atoms with Gasteiger partial charge in [-0.3, -0.25) is 0 Å². The number of carbonyl (C=O) groups excluding carboxylic acids is 6. The monoisotopic (exact) mass is 1750 g/mol. The maximum Gasteiger partial charge on any atom is 0.331 e. The molecule has 0 unspecified atom stereocenters. The van der Waals surface area contributed by atoms with Crippen molar-refractivity contribution in [3.8, 4) is 0 Å². The normalized spacial score (nSPS) is 34.5. The summed E-state index contributed by atoms with van der Waals surface area (Å²) >= 11 is 0. The standard InChI is InChI=1S/C90H96O36/c91-43-55-73-67(103)79(115-61(97)37-31-49-19-7-1-8-20-49)85(109-55)121-74-56(44-92)110-87(80(68(74)104)116-62(98)38-32-50-21-9-2-10-22-50)123-76-58(46-94)112-89(82(70(76)106)118-64(100)40-34-52-25-13-4-14-26-52)125-78-60(48-96)114-90(84(72(78)108)120-66(102)42-36-54-29-17-6-18-30-54)126-77-59(47-95)113-88(83(71(77)107)119-65(101)41-35-53-27-15-5-16-28-53)124-75-57(45-93)111-86(122-73)81(69(75)105)117-63(99)39-33-51-23-11-3-12-24-51/h1-42,55-60,67-96,103-108H,43-48H2/b37-31+,38-32+,39-33+,40-34+,41-35+,42-36+/t55-,56-,57-,58-,59-,60-,67+,68+,69+,70+,71+,72+,73-,74-,75-,76-,77-,78-,79-,80-,81-,82-,83-,84-,85-,86-,87-,88-,89-,90-/m1/s1. The Morgan fingerprint density at radius 3 is 0.460 bits per heavy atom. The van der Waals surface area contributed by atoms with Crippen LogP contribution in [0.2, 0.25) is 0 Å². The average molecular weight is 1750 g/mol. The first-order chi connectivity index (χ1) is 61.1. The van der Waals surface area contributed by atoms with Gasteiger partial charge in [-0.2, -0.15) is 0 Å². The van der Waals surface area contributed by atoms with Crippen LogP contribution in [0, 0.1) is 0 Å². The Labute approximate surface area is 720 Å². The van der Waals surface area contributed by atoms with Crippen molar-refractivity contribution in [1.82, 2.24) is 0 Å². The molecule has 0 amide bonds. The number of hydrogen-bond donors (Lipinski definition) is 12. The molecule has 12 bridgehead atoms. The van der Waals surface area contributed by atoms with Crippen LogP contribution in [-0.2, 0) is 114 Å². The lowest BCUT2D eigenvalue weighted by Crippen LogP contribution is -2.70. The summed E-state index contributed by atoms with van der Waals surface area (Å²) in [5.41, 5.74) is 2.78. The van der Waals surface area contributed by atoms with E-state index >= 15 is 0 Å². The summed E-state index contributed by atoms with van der Waals surface area (Å²) in [7, 11) is 0. The summed E-state index contributed by atoms with van der Waals surface area (Å²) < 4.78 is 113. The molecule has 16 saturated heterocycles. The number of ether oxygens (including phenoxy) is 18. The Balaban J connectivity index is 0.940. The van der Waals surface area contributed by atoms with Gasteiger partial charge < -0.3 is 147 Å². The molecule has 672 valence electrons. The lowest BCUT2D eigenvalue weighted by atomic mass is 9.94. The van der Waals surface area contributed by atoms with Gasteiger partial charge in [0.2, 0.25) is 0 Å². The smallest absolute Gasteiger partial charge is 0.331 e. The molecule has 6 aromatic rings. The quantitative estimate of drug-likeness (QED) is 0.0223. The minimum atomic E-state index is -2.38. The molecular weight excluding hydrogens is 1660 g/mol. The molecule has 0 aliphatic carbocycles. The van der Waals surface area contributed by atoms with E-state index in [0.717, 1.165) is 36.5 Å². The van der Waals surface area contributed by atoms with Gasteiger partial charge in [0.05, 0.1) is 39.6 Å². The van der Waals surface area contributed by atoms with Crippen LogP contribution in [0.4, 0.5) is 0 Å². The van der Waals surface area contributed by atoms with Gasteiger partial charge in [-0.05, 0) is 69.8 Å². The molecule has 16 fully saturated rings. The van der Waals surface area contributed by atoms with Crippen molar-refractivity contribution in [2.75, 3.05) is 39.6 Å². The second kappa shape index (κ2) is 44.9. The predicted octanol–water partition coefficient (Wildman–Crippen LogP) is 0.531. The Morgan fingerprint density at radius 2 is 0.341 bits per heavy atom. The Kier molecular flexibility index (Phi) is 33.2. The third kappa shape index (κ3) is 23.5. The fourth-order valence-electron chi connectivity index (χ4n) is 15.0. The van der Waals surface area contributed by atoms with Gasteiger partial charge >= 0.3 is 35.8 Å². The molecule has 16 aliphatic heterocycles. The molecular formula is C90H96O36. The number of benzene rings is 6. The topological polar surface area (TPSA) is 511 Å². The zero-order valence-corrected chi connectivity index (χ0v) is 67.0. The maximum absolute atomic E-state index is 14.3. The number of aliphatic hydroxyl groups is 12.